The predicted octanol–water partition coefficient (Wildman–Crippen LogP) is 2.66. The van der Waals surface area contributed by atoms with Crippen molar-refractivity contribution in [3.63, 3.8) is 0 Å². The molecule has 0 bridgehead atoms. The molecule has 196 valence electrons. The van der Waals surface area contributed by atoms with Gasteiger partial charge in [0.1, 0.15) is 17.6 Å². The van der Waals surface area contributed by atoms with Gasteiger partial charge in [0.05, 0.1) is 18.3 Å². The van der Waals surface area contributed by atoms with E-state index in [0.717, 1.165) is 18.9 Å². The molecule has 1 aliphatic carbocycles. The summed E-state index contributed by atoms with van der Waals surface area (Å²) < 4.78 is 18.4. The van der Waals surface area contributed by atoms with E-state index in [1.54, 1.807) is 17.7 Å². The summed E-state index contributed by atoms with van der Waals surface area (Å²) in [7, 11) is 1.55. The molecule has 1 N–H and O–H groups in total. The Labute approximate surface area is 217 Å². The van der Waals surface area contributed by atoms with Crippen molar-refractivity contribution in [1.29, 1.82) is 0 Å². The molecule has 1 aromatic carbocycles. The first kappa shape index (κ1) is 24.0. The second-order valence-electron chi connectivity index (χ2n) is 9.26. The molecule has 15 heteroatoms. The third-order valence-corrected chi connectivity index (χ3v) is 7.90. The van der Waals surface area contributed by atoms with Crippen LogP contribution in [0.3, 0.4) is 0 Å². The number of anilines is 2. The summed E-state index contributed by atoms with van der Waals surface area (Å²) in [5.41, 5.74) is -0.168. The SMILES string of the molecule is Cn1c([N+](=O)[O-])cnc1-c1nnc(N2CCN(c3cc4c(cc3F)c(=O)c(C(=O)O)cn4C3CC3)CC2)s1. The van der Waals surface area contributed by atoms with Gasteiger partial charge in [0, 0.05) is 43.8 Å². The topological polar surface area (TPSA) is 153 Å². The smallest absolute Gasteiger partial charge is 0.342 e. The van der Waals surface area contributed by atoms with E-state index in [9.17, 15) is 24.8 Å². The Morgan fingerprint density at radius 1 is 1.18 bits per heavy atom. The highest BCUT2D eigenvalue weighted by Gasteiger charge is 2.29. The van der Waals surface area contributed by atoms with Gasteiger partial charge in [-0.1, -0.05) is 11.3 Å². The van der Waals surface area contributed by atoms with Crippen LogP contribution in [-0.2, 0) is 7.05 Å². The molecule has 4 heterocycles. The lowest BCUT2D eigenvalue weighted by atomic mass is 10.1. The van der Waals surface area contributed by atoms with Crippen LogP contribution >= 0.6 is 11.3 Å². The van der Waals surface area contributed by atoms with Gasteiger partial charge in [-0.05, 0) is 29.9 Å². The second kappa shape index (κ2) is 8.86. The Morgan fingerprint density at radius 3 is 2.53 bits per heavy atom. The molecule has 1 aliphatic heterocycles. The number of rotatable bonds is 6. The minimum Gasteiger partial charge on any atom is -0.477 e. The molecular formula is C23H21FN8O5S. The fourth-order valence-corrected chi connectivity index (χ4v) is 5.68. The molecule has 6 rings (SSSR count). The van der Waals surface area contributed by atoms with Crippen molar-refractivity contribution in [2.45, 2.75) is 18.9 Å². The van der Waals surface area contributed by atoms with Crippen LogP contribution in [0.15, 0.2) is 29.3 Å². The molecule has 1 saturated heterocycles. The van der Waals surface area contributed by atoms with Crippen LogP contribution in [0.2, 0.25) is 0 Å². The van der Waals surface area contributed by atoms with E-state index in [0.29, 0.717) is 53.3 Å². The standard InChI is InChI=1S/C23H21FN8O5S/c1-28-18(32(36)37)10-25-20(28)21-26-27-23(38-21)30-6-4-29(5-7-30)17-9-16-13(8-15(17)24)19(33)14(22(34)35)11-31(16)12-2-3-12/h8-12H,2-7H2,1H3,(H,34,35). The Morgan fingerprint density at radius 2 is 1.89 bits per heavy atom. The van der Waals surface area contributed by atoms with Crippen molar-refractivity contribution in [2.75, 3.05) is 36.0 Å². The van der Waals surface area contributed by atoms with Crippen LogP contribution < -0.4 is 15.2 Å². The number of carbonyl (C=O) groups is 1. The molecule has 0 radical (unpaired) electrons. The zero-order valence-electron chi connectivity index (χ0n) is 20.1. The lowest BCUT2D eigenvalue weighted by Crippen LogP contribution is -2.46. The van der Waals surface area contributed by atoms with Crippen molar-refractivity contribution in [3.8, 4) is 10.8 Å². The van der Waals surface area contributed by atoms with Crippen LogP contribution in [0, 0.1) is 15.9 Å². The molecule has 3 aromatic heterocycles. The van der Waals surface area contributed by atoms with E-state index in [1.165, 1.54) is 28.3 Å². The monoisotopic (exact) mass is 540 g/mol. The normalized spacial score (nSPS) is 15.8. The molecule has 2 aliphatic rings. The van der Waals surface area contributed by atoms with Gasteiger partial charge in [0.2, 0.25) is 15.6 Å². The maximum atomic E-state index is 15.2. The van der Waals surface area contributed by atoms with Crippen LogP contribution in [0.4, 0.5) is 21.0 Å². The highest BCUT2D eigenvalue weighted by molar-refractivity contribution is 7.18. The van der Waals surface area contributed by atoms with Gasteiger partial charge >= 0.3 is 11.8 Å². The van der Waals surface area contributed by atoms with Crippen molar-refractivity contribution in [2.24, 2.45) is 7.05 Å². The van der Waals surface area contributed by atoms with E-state index in [-0.39, 0.29) is 22.8 Å². The van der Waals surface area contributed by atoms with E-state index >= 15 is 4.39 Å². The van der Waals surface area contributed by atoms with Gasteiger partial charge < -0.3 is 29.6 Å². The molecule has 1 saturated carbocycles. The number of carboxylic acids is 1. The minimum absolute atomic E-state index is 0.0626. The molecule has 4 aromatic rings. The number of piperazine rings is 1. The van der Waals surface area contributed by atoms with Crippen molar-refractivity contribution >= 4 is 44.8 Å². The molecule has 0 spiro atoms. The van der Waals surface area contributed by atoms with Gasteiger partial charge in [-0.15, -0.1) is 10.2 Å². The van der Waals surface area contributed by atoms with Gasteiger partial charge in [0.15, 0.2) is 0 Å². The third kappa shape index (κ3) is 3.95. The average molecular weight is 541 g/mol. The number of benzene rings is 1. The summed E-state index contributed by atoms with van der Waals surface area (Å²) in [4.78, 5) is 42.9. The summed E-state index contributed by atoms with van der Waals surface area (Å²) >= 11 is 1.27. The fourth-order valence-electron chi connectivity index (χ4n) is 4.75. The minimum atomic E-state index is -1.33. The number of hydrogen-bond acceptors (Lipinski definition) is 10. The third-order valence-electron chi connectivity index (χ3n) is 6.92. The highest BCUT2D eigenvalue weighted by Crippen LogP contribution is 2.38. The van der Waals surface area contributed by atoms with Crippen LogP contribution in [0.25, 0.3) is 21.7 Å². The lowest BCUT2D eigenvalue weighted by Gasteiger charge is -2.36. The Kier molecular flexibility index (Phi) is 5.59. The number of aromatic carboxylic acids is 1. The molecule has 0 unspecified atom stereocenters. The summed E-state index contributed by atoms with van der Waals surface area (Å²) in [6, 6.07) is 2.88. The maximum Gasteiger partial charge on any atom is 0.342 e. The number of imidazole rings is 1. The zero-order valence-corrected chi connectivity index (χ0v) is 20.9. The van der Waals surface area contributed by atoms with E-state index in [1.807, 2.05) is 9.80 Å². The quantitative estimate of drug-likeness (QED) is 0.285. The highest BCUT2D eigenvalue weighted by atomic mass is 32.1. The van der Waals surface area contributed by atoms with Crippen LogP contribution in [0.5, 0.6) is 0 Å². The van der Waals surface area contributed by atoms with Gasteiger partial charge in [-0.2, -0.15) is 0 Å². The summed E-state index contributed by atoms with van der Waals surface area (Å²) in [6.45, 7) is 2.01. The molecule has 2 fully saturated rings. The van der Waals surface area contributed by atoms with Crippen molar-refractivity contribution in [3.05, 3.63) is 56.2 Å². The first-order valence-electron chi connectivity index (χ1n) is 11.8. The number of aromatic nitrogens is 5. The summed E-state index contributed by atoms with van der Waals surface area (Å²) in [5.74, 6) is -1.70. The van der Waals surface area contributed by atoms with Crippen molar-refractivity contribution in [1.82, 2.24) is 24.3 Å². The molecular weight excluding hydrogens is 519 g/mol. The zero-order chi connectivity index (χ0) is 26.7. The average Bonchev–Trinajstić information content (AvgIpc) is 3.48. The largest absolute Gasteiger partial charge is 0.477 e. The Bertz CT molecular complexity index is 1670. The van der Waals surface area contributed by atoms with Gasteiger partial charge in [0.25, 0.3) is 5.82 Å². The second-order valence-corrected chi connectivity index (χ2v) is 10.2. The number of pyridine rings is 1. The van der Waals surface area contributed by atoms with Crippen molar-refractivity contribution < 1.29 is 19.2 Å². The van der Waals surface area contributed by atoms with Gasteiger partial charge in [-0.3, -0.25) is 4.79 Å². The Hall–Kier alpha value is -4.40. The van der Waals surface area contributed by atoms with E-state index < -0.39 is 22.1 Å². The van der Waals surface area contributed by atoms with Gasteiger partial charge in [-0.25, -0.2) is 18.7 Å². The lowest BCUT2D eigenvalue weighted by molar-refractivity contribution is -0.391. The number of nitrogens with zero attached hydrogens (tertiary/aromatic N) is 8. The van der Waals surface area contributed by atoms with Crippen LogP contribution in [-0.4, -0.2) is 66.5 Å². The first-order chi connectivity index (χ1) is 18.2. The molecule has 0 atom stereocenters. The van der Waals surface area contributed by atoms with Crippen LogP contribution in [0.1, 0.15) is 29.2 Å². The predicted molar refractivity (Wildman–Crippen MR) is 137 cm³/mol. The summed E-state index contributed by atoms with van der Waals surface area (Å²) in [6.07, 6.45) is 4.29. The number of hydrogen-bond donors (Lipinski definition) is 1. The number of carboxylic acid groups (broad SMARTS) is 1. The van der Waals surface area contributed by atoms with E-state index in [2.05, 4.69) is 15.2 Å². The van der Waals surface area contributed by atoms with E-state index in [4.69, 9.17) is 0 Å². The molecule has 0 amide bonds. The number of halogens is 1. The molecule has 13 nitrogen and oxygen atoms in total. The summed E-state index contributed by atoms with van der Waals surface area (Å²) in [5, 5.41) is 30.1. The fraction of sp³-hybridized carbons (Fsp3) is 0.348. The number of fused-ring (bicyclic) bond motifs is 1. The maximum absolute atomic E-state index is 15.2. The number of nitro groups is 1. The Balaban J connectivity index is 1.24. The first-order valence-corrected chi connectivity index (χ1v) is 12.7. The molecule has 38 heavy (non-hydrogen) atoms.